The highest BCUT2D eigenvalue weighted by atomic mass is 16.5. The van der Waals surface area contributed by atoms with Crippen LogP contribution in [0.1, 0.15) is 26.7 Å². The fourth-order valence-electron chi connectivity index (χ4n) is 2.30. The van der Waals surface area contributed by atoms with Crippen LogP contribution in [-0.4, -0.2) is 30.7 Å². The number of methoxy groups -OCH3 is 1. The molecule has 1 aromatic heterocycles. The number of ether oxygens (including phenoxy) is 2. The lowest BCUT2D eigenvalue weighted by Crippen LogP contribution is -2.18. The van der Waals surface area contributed by atoms with Gasteiger partial charge in [0.25, 0.3) is 0 Å². The molecule has 0 fully saturated rings. The Morgan fingerprint density at radius 2 is 2.23 bits per heavy atom. The molecule has 1 N–H and O–H groups in total. The number of benzene rings is 1. The number of rotatable bonds is 7. The van der Waals surface area contributed by atoms with Gasteiger partial charge >= 0.3 is 5.97 Å². The number of carbonyl (C=O) groups excluding carboxylic acids is 1. The van der Waals surface area contributed by atoms with Gasteiger partial charge in [-0.1, -0.05) is 6.07 Å². The van der Waals surface area contributed by atoms with Crippen molar-refractivity contribution < 1.29 is 14.3 Å². The van der Waals surface area contributed by atoms with Gasteiger partial charge in [0.1, 0.15) is 5.75 Å². The lowest BCUT2D eigenvalue weighted by Gasteiger charge is -2.17. The molecule has 118 valence electrons. The Labute approximate surface area is 130 Å². The summed E-state index contributed by atoms with van der Waals surface area (Å²) in [5.74, 6) is 0.616. The summed E-state index contributed by atoms with van der Waals surface area (Å²) >= 11 is 0. The molecule has 0 aliphatic rings. The van der Waals surface area contributed by atoms with Crippen molar-refractivity contribution in [3.63, 3.8) is 0 Å². The first-order chi connectivity index (χ1) is 10.6. The molecule has 0 aliphatic carbocycles. The maximum Gasteiger partial charge on any atom is 0.305 e. The first-order valence-corrected chi connectivity index (χ1v) is 7.49. The molecule has 5 heteroatoms. The second-order valence-corrected chi connectivity index (χ2v) is 5.14. The molecule has 0 saturated carbocycles. The quantitative estimate of drug-likeness (QED) is 0.794. The van der Waals surface area contributed by atoms with Gasteiger partial charge in [-0.2, -0.15) is 0 Å². The zero-order chi connectivity index (χ0) is 15.9. The molecule has 0 saturated heterocycles. The second kappa shape index (κ2) is 7.64. The Balaban J connectivity index is 2.11. The minimum absolute atomic E-state index is 0.127. The van der Waals surface area contributed by atoms with Gasteiger partial charge in [-0.15, -0.1) is 0 Å². The molecular weight excluding hydrogens is 280 g/mol. The van der Waals surface area contributed by atoms with E-state index in [2.05, 4.69) is 10.3 Å². The summed E-state index contributed by atoms with van der Waals surface area (Å²) in [5.41, 5.74) is 1.80. The zero-order valence-corrected chi connectivity index (χ0v) is 13.3. The largest absolute Gasteiger partial charge is 0.497 e. The molecule has 0 bridgehead atoms. The van der Waals surface area contributed by atoms with Crippen molar-refractivity contribution in [2.45, 2.75) is 32.7 Å². The molecule has 1 unspecified atom stereocenters. The Morgan fingerprint density at radius 1 is 1.41 bits per heavy atom. The molecule has 1 heterocycles. The van der Waals surface area contributed by atoms with Crippen LogP contribution in [0.15, 0.2) is 30.5 Å². The highest BCUT2D eigenvalue weighted by Crippen LogP contribution is 2.28. The maximum atomic E-state index is 11.4. The molecule has 0 aliphatic heterocycles. The SMILES string of the molecule is CCOC(=O)CCC(C)Nc1cc(OC)cc2cccnc12. The molecule has 0 spiro atoms. The van der Waals surface area contributed by atoms with Gasteiger partial charge in [-0.25, -0.2) is 0 Å². The fraction of sp³-hybridized carbons (Fsp3) is 0.412. The number of nitrogens with one attached hydrogen (secondary N) is 1. The van der Waals surface area contributed by atoms with Crippen molar-refractivity contribution in [2.24, 2.45) is 0 Å². The molecule has 2 aromatic rings. The van der Waals surface area contributed by atoms with Gasteiger partial charge in [0.05, 0.1) is 24.9 Å². The van der Waals surface area contributed by atoms with Gasteiger partial charge in [-0.3, -0.25) is 9.78 Å². The summed E-state index contributed by atoms with van der Waals surface area (Å²) < 4.78 is 10.3. The van der Waals surface area contributed by atoms with E-state index < -0.39 is 0 Å². The van der Waals surface area contributed by atoms with E-state index in [1.807, 2.05) is 38.1 Å². The minimum Gasteiger partial charge on any atom is -0.497 e. The van der Waals surface area contributed by atoms with Crippen LogP contribution in [0.25, 0.3) is 10.9 Å². The summed E-state index contributed by atoms with van der Waals surface area (Å²) in [6, 6.07) is 7.91. The van der Waals surface area contributed by atoms with Crippen LogP contribution < -0.4 is 10.1 Å². The Morgan fingerprint density at radius 3 is 2.95 bits per heavy atom. The number of hydrogen-bond donors (Lipinski definition) is 1. The molecular formula is C17H22N2O3. The minimum atomic E-state index is -0.162. The number of hydrogen-bond acceptors (Lipinski definition) is 5. The smallest absolute Gasteiger partial charge is 0.305 e. The average Bonchev–Trinajstić information content (AvgIpc) is 2.53. The molecule has 5 nitrogen and oxygen atoms in total. The molecule has 22 heavy (non-hydrogen) atoms. The summed E-state index contributed by atoms with van der Waals surface area (Å²) in [7, 11) is 1.64. The number of pyridine rings is 1. The number of carbonyl (C=O) groups is 1. The Bertz CT molecular complexity index is 643. The Hall–Kier alpha value is -2.30. The predicted octanol–water partition coefficient (Wildman–Crippen LogP) is 3.39. The van der Waals surface area contributed by atoms with Crippen molar-refractivity contribution >= 4 is 22.6 Å². The predicted molar refractivity (Wildman–Crippen MR) is 87.2 cm³/mol. The molecule has 0 amide bonds. The second-order valence-electron chi connectivity index (χ2n) is 5.14. The maximum absolute atomic E-state index is 11.4. The third kappa shape index (κ3) is 4.10. The van der Waals surface area contributed by atoms with Crippen LogP contribution in [0, 0.1) is 0 Å². The normalized spacial score (nSPS) is 12.0. The molecule has 1 atom stereocenters. The third-order valence-electron chi connectivity index (χ3n) is 3.40. The topological polar surface area (TPSA) is 60.5 Å². The van der Waals surface area contributed by atoms with Gasteiger partial charge in [0.15, 0.2) is 0 Å². The number of nitrogens with zero attached hydrogens (tertiary/aromatic N) is 1. The van der Waals surface area contributed by atoms with Gasteiger partial charge < -0.3 is 14.8 Å². The van der Waals surface area contributed by atoms with E-state index in [1.165, 1.54) is 0 Å². The van der Waals surface area contributed by atoms with E-state index >= 15 is 0 Å². The van der Waals surface area contributed by atoms with E-state index in [1.54, 1.807) is 13.3 Å². The number of fused-ring (bicyclic) bond motifs is 1. The van der Waals surface area contributed by atoms with Crippen molar-refractivity contribution in [1.82, 2.24) is 4.98 Å². The summed E-state index contributed by atoms with van der Waals surface area (Å²) in [5, 5.41) is 4.42. The summed E-state index contributed by atoms with van der Waals surface area (Å²) in [6.45, 7) is 4.27. The highest BCUT2D eigenvalue weighted by molar-refractivity contribution is 5.91. The first-order valence-electron chi connectivity index (χ1n) is 7.49. The van der Waals surface area contributed by atoms with E-state index in [9.17, 15) is 4.79 Å². The average molecular weight is 302 g/mol. The number of anilines is 1. The molecule has 2 rings (SSSR count). The van der Waals surface area contributed by atoms with Crippen LogP contribution >= 0.6 is 0 Å². The van der Waals surface area contributed by atoms with Crippen LogP contribution in [-0.2, 0) is 9.53 Å². The van der Waals surface area contributed by atoms with Crippen molar-refractivity contribution in [3.05, 3.63) is 30.5 Å². The van der Waals surface area contributed by atoms with Crippen molar-refractivity contribution in [1.29, 1.82) is 0 Å². The van der Waals surface area contributed by atoms with Crippen LogP contribution in [0.3, 0.4) is 0 Å². The van der Waals surface area contributed by atoms with Gasteiger partial charge in [-0.05, 0) is 32.4 Å². The standard InChI is InChI=1S/C17H22N2O3/c1-4-22-16(20)8-7-12(2)19-15-11-14(21-3)10-13-6-5-9-18-17(13)15/h5-6,9-12,19H,4,7-8H2,1-3H3. The molecule has 0 radical (unpaired) electrons. The monoisotopic (exact) mass is 302 g/mol. The number of aromatic nitrogens is 1. The summed E-state index contributed by atoms with van der Waals surface area (Å²) in [4.78, 5) is 15.9. The molecule has 1 aromatic carbocycles. The zero-order valence-electron chi connectivity index (χ0n) is 13.3. The van der Waals surface area contributed by atoms with E-state index in [-0.39, 0.29) is 12.0 Å². The van der Waals surface area contributed by atoms with Gasteiger partial charge in [0, 0.05) is 30.1 Å². The lowest BCUT2D eigenvalue weighted by molar-refractivity contribution is -0.143. The fourth-order valence-corrected chi connectivity index (χ4v) is 2.30. The van der Waals surface area contributed by atoms with E-state index in [0.717, 1.165) is 22.3 Å². The van der Waals surface area contributed by atoms with Gasteiger partial charge in [0.2, 0.25) is 0 Å². The Kier molecular flexibility index (Phi) is 5.58. The van der Waals surface area contributed by atoms with E-state index in [4.69, 9.17) is 9.47 Å². The summed E-state index contributed by atoms with van der Waals surface area (Å²) in [6.07, 6.45) is 2.87. The van der Waals surface area contributed by atoms with E-state index in [0.29, 0.717) is 19.4 Å². The third-order valence-corrected chi connectivity index (χ3v) is 3.40. The lowest BCUT2D eigenvalue weighted by atomic mass is 10.1. The van der Waals surface area contributed by atoms with Crippen LogP contribution in [0.4, 0.5) is 5.69 Å². The first kappa shape index (κ1) is 16.1. The van der Waals surface area contributed by atoms with Crippen molar-refractivity contribution in [3.8, 4) is 5.75 Å². The van der Waals surface area contributed by atoms with Crippen LogP contribution in [0.5, 0.6) is 5.75 Å². The van der Waals surface area contributed by atoms with Crippen LogP contribution in [0.2, 0.25) is 0 Å². The number of esters is 1. The highest BCUT2D eigenvalue weighted by Gasteiger charge is 2.11. The van der Waals surface area contributed by atoms with Crippen molar-refractivity contribution in [2.75, 3.05) is 19.0 Å².